The summed E-state index contributed by atoms with van der Waals surface area (Å²) in [6.45, 7) is 0. The summed E-state index contributed by atoms with van der Waals surface area (Å²) in [5, 5.41) is 14.8. The predicted octanol–water partition coefficient (Wildman–Crippen LogP) is 2.42. The molecule has 0 saturated carbocycles. The summed E-state index contributed by atoms with van der Waals surface area (Å²) in [6.07, 6.45) is 3.41. The average molecular weight is 232 g/mol. The zero-order chi connectivity index (χ0) is 12.3. The molecule has 1 aromatic carbocycles. The van der Waals surface area contributed by atoms with E-state index in [2.05, 4.69) is 10.2 Å². The van der Waals surface area contributed by atoms with Crippen LogP contribution in [0, 0.1) is 5.82 Å². The van der Waals surface area contributed by atoms with Crippen molar-refractivity contribution in [3.05, 3.63) is 53.1 Å². The molecule has 0 aliphatic rings. The second-order valence-electron chi connectivity index (χ2n) is 3.40. The number of hydrogen-bond donors (Lipinski definition) is 2. The number of nitrogens with zero attached hydrogens (tertiary/aromatic N) is 1. The van der Waals surface area contributed by atoms with Gasteiger partial charge in [0.05, 0.1) is 5.69 Å². The van der Waals surface area contributed by atoms with Crippen LogP contribution in [0.1, 0.15) is 21.7 Å². The zero-order valence-electron chi connectivity index (χ0n) is 8.72. The Kier molecular flexibility index (Phi) is 3.00. The molecule has 5 heteroatoms. The van der Waals surface area contributed by atoms with Crippen molar-refractivity contribution in [2.75, 3.05) is 0 Å². The smallest absolute Gasteiger partial charge is 0.356 e. The van der Waals surface area contributed by atoms with E-state index in [1.54, 1.807) is 24.3 Å². The van der Waals surface area contributed by atoms with Crippen LogP contribution in [0.2, 0.25) is 0 Å². The van der Waals surface area contributed by atoms with E-state index in [0.717, 1.165) is 5.56 Å². The van der Waals surface area contributed by atoms with Gasteiger partial charge in [0.25, 0.3) is 0 Å². The third-order valence-electron chi connectivity index (χ3n) is 2.14. The minimum Gasteiger partial charge on any atom is -0.476 e. The van der Waals surface area contributed by atoms with Crippen molar-refractivity contribution >= 4 is 18.1 Å². The number of aromatic nitrogens is 2. The third-order valence-corrected chi connectivity index (χ3v) is 2.14. The Hall–Kier alpha value is -2.43. The molecule has 0 spiro atoms. The summed E-state index contributed by atoms with van der Waals surface area (Å²) in [5.41, 5.74) is 1.35. The molecular formula is C12H9FN2O2. The van der Waals surface area contributed by atoms with Crippen molar-refractivity contribution in [2.45, 2.75) is 0 Å². The van der Waals surface area contributed by atoms with E-state index in [9.17, 15) is 9.18 Å². The topological polar surface area (TPSA) is 66.0 Å². The number of aromatic amines is 1. The second-order valence-corrected chi connectivity index (χ2v) is 3.40. The van der Waals surface area contributed by atoms with Gasteiger partial charge in [0.1, 0.15) is 5.82 Å². The summed E-state index contributed by atoms with van der Waals surface area (Å²) < 4.78 is 12.6. The number of aromatic carboxylic acids is 1. The van der Waals surface area contributed by atoms with Gasteiger partial charge in [-0.3, -0.25) is 5.10 Å². The van der Waals surface area contributed by atoms with Gasteiger partial charge in [0, 0.05) is 0 Å². The maximum atomic E-state index is 12.6. The van der Waals surface area contributed by atoms with Crippen LogP contribution in [0.5, 0.6) is 0 Å². The van der Waals surface area contributed by atoms with E-state index < -0.39 is 5.97 Å². The zero-order valence-corrected chi connectivity index (χ0v) is 8.72. The molecule has 2 rings (SSSR count). The van der Waals surface area contributed by atoms with Crippen molar-refractivity contribution in [1.82, 2.24) is 10.2 Å². The van der Waals surface area contributed by atoms with Crippen LogP contribution in [-0.4, -0.2) is 21.3 Å². The first kappa shape index (κ1) is 11.1. The molecule has 4 nitrogen and oxygen atoms in total. The second kappa shape index (κ2) is 4.61. The van der Waals surface area contributed by atoms with E-state index in [-0.39, 0.29) is 11.5 Å². The molecule has 1 heterocycles. The molecule has 1 aromatic heterocycles. The van der Waals surface area contributed by atoms with Gasteiger partial charge < -0.3 is 5.11 Å². The first-order chi connectivity index (χ1) is 8.15. The Morgan fingerprint density at radius 3 is 2.59 bits per heavy atom. The molecule has 0 saturated heterocycles. The molecule has 0 atom stereocenters. The summed E-state index contributed by atoms with van der Waals surface area (Å²) in [7, 11) is 0. The number of nitrogens with one attached hydrogen (secondary N) is 1. The Balaban J connectivity index is 2.14. The molecule has 17 heavy (non-hydrogen) atoms. The molecule has 2 aromatic rings. The highest BCUT2D eigenvalue weighted by Crippen LogP contribution is 2.08. The first-order valence-electron chi connectivity index (χ1n) is 4.87. The fraction of sp³-hybridized carbons (Fsp3) is 0. The summed E-state index contributed by atoms with van der Waals surface area (Å²) >= 11 is 0. The van der Waals surface area contributed by atoms with Crippen LogP contribution in [-0.2, 0) is 0 Å². The summed E-state index contributed by atoms with van der Waals surface area (Å²) in [6, 6.07) is 7.38. The van der Waals surface area contributed by atoms with Crippen LogP contribution in [0.15, 0.2) is 30.3 Å². The van der Waals surface area contributed by atoms with Crippen molar-refractivity contribution in [3.63, 3.8) is 0 Å². The molecule has 0 fully saturated rings. The molecule has 86 valence electrons. The molecule has 0 bridgehead atoms. The van der Waals surface area contributed by atoms with Gasteiger partial charge in [-0.1, -0.05) is 18.2 Å². The number of carboxylic acid groups (broad SMARTS) is 1. The highest BCUT2D eigenvalue weighted by Gasteiger charge is 2.05. The molecule has 2 N–H and O–H groups in total. The molecule has 0 radical (unpaired) electrons. The Morgan fingerprint density at radius 1 is 1.29 bits per heavy atom. The van der Waals surface area contributed by atoms with Crippen molar-refractivity contribution in [2.24, 2.45) is 0 Å². The maximum absolute atomic E-state index is 12.6. The summed E-state index contributed by atoms with van der Waals surface area (Å²) in [5.74, 6) is -1.38. The standard InChI is InChI=1S/C12H9FN2O2/c13-9-4-1-8(2-5-9)3-6-10-7-11(12(16)17)15-14-10/h1-7H,(H,14,15)(H,16,17)/b6-3+. The van der Waals surface area contributed by atoms with Crippen LogP contribution < -0.4 is 0 Å². The van der Waals surface area contributed by atoms with Crippen LogP contribution in [0.3, 0.4) is 0 Å². The van der Waals surface area contributed by atoms with Crippen molar-refractivity contribution < 1.29 is 14.3 Å². The maximum Gasteiger partial charge on any atom is 0.356 e. The third kappa shape index (κ3) is 2.78. The van der Waals surface area contributed by atoms with Crippen LogP contribution in [0.25, 0.3) is 12.2 Å². The molecule has 0 unspecified atom stereocenters. The molecular weight excluding hydrogens is 223 g/mol. The fourth-order valence-electron chi connectivity index (χ4n) is 1.29. The lowest BCUT2D eigenvalue weighted by Crippen LogP contribution is -1.95. The van der Waals surface area contributed by atoms with E-state index in [0.29, 0.717) is 5.69 Å². The number of rotatable bonds is 3. The van der Waals surface area contributed by atoms with Crippen molar-refractivity contribution in [3.8, 4) is 0 Å². The minimum absolute atomic E-state index is 0.0382. The molecule has 0 aliphatic carbocycles. The molecule has 0 amide bonds. The highest BCUT2D eigenvalue weighted by molar-refractivity contribution is 5.86. The fourth-order valence-corrected chi connectivity index (χ4v) is 1.29. The van der Waals surface area contributed by atoms with Gasteiger partial charge in [-0.05, 0) is 29.8 Å². The van der Waals surface area contributed by atoms with Crippen molar-refractivity contribution in [1.29, 1.82) is 0 Å². The summed E-state index contributed by atoms with van der Waals surface area (Å²) in [4.78, 5) is 10.6. The number of carboxylic acids is 1. The normalized spacial score (nSPS) is 10.9. The highest BCUT2D eigenvalue weighted by atomic mass is 19.1. The van der Waals surface area contributed by atoms with E-state index >= 15 is 0 Å². The monoisotopic (exact) mass is 232 g/mol. The van der Waals surface area contributed by atoms with E-state index in [1.165, 1.54) is 18.2 Å². The van der Waals surface area contributed by atoms with E-state index in [1.807, 2.05) is 0 Å². The van der Waals surface area contributed by atoms with Gasteiger partial charge in [0.15, 0.2) is 5.69 Å². The lowest BCUT2D eigenvalue weighted by molar-refractivity contribution is 0.0690. The van der Waals surface area contributed by atoms with Crippen LogP contribution >= 0.6 is 0 Å². The quantitative estimate of drug-likeness (QED) is 0.854. The van der Waals surface area contributed by atoms with Gasteiger partial charge in [0.2, 0.25) is 0 Å². The minimum atomic E-state index is -1.08. The number of H-pyrrole nitrogens is 1. The Labute approximate surface area is 96.4 Å². The number of hydrogen-bond acceptors (Lipinski definition) is 2. The van der Waals surface area contributed by atoms with Gasteiger partial charge in [-0.15, -0.1) is 0 Å². The molecule has 0 aliphatic heterocycles. The predicted molar refractivity (Wildman–Crippen MR) is 60.9 cm³/mol. The Bertz CT molecular complexity index is 558. The van der Waals surface area contributed by atoms with E-state index in [4.69, 9.17) is 5.11 Å². The van der Waals surface area contributed by atoms with Gasteiger partial charge in [-0.25, -0.2) is 9.18 Å². The number of carbonyl (C=O) groups is 1. The number of benzene rings is 1. The Morgan fingerprint density at radius 2 is 2.00 bits per heavy atom. The average Bonchev–Trinajstić information content (AvgIpc) is 2.77. The lowest BCUT2D eigenvalue weighted by Gasteiger charge is -1.91. The number of halogens is 1. The van der Waals surface area contributed by atoms with Crippen LogP contribution in [0.4, 0.5) is 4.39 Å². The first-order valence-corrected chi connectivity index (χ1v) is 4.87. The lowest BCUT2D eigenvalue weighted by atomic mass is 10.2. The largest absolute Gasteiger partial charge is 0.476 e. The van der Waals surface area contributed by atoms with Gasteiger partial charge in [-0.2, -0.15) is 5.10 Å². The van der Waals surface area contributed by atoms with Gasteiger partial charge >= 0.3 is 5.97 Å². The SMILES string of the molecule is O=C(O)c1cc(/C=C/c2ccc(F)cc2)[nH]n1.